The van der Waals surface area contributed by atoms with E-state index in [1.165, 1.54) is 0 Å². The number of aliphatic carboxylic acids is 1. The Morgan fingerprint density at radius 3 is 2.67 bits per heavy atom. The van der Waals surface area contributed by atoms with Crippen LogP contribution in [0.3, 0.4) is 0 Å². The molecule has 0 bridgehead atoms. The normalized spacial score (nSPS) is 12.6. The van der Waals surface area contributed by atoms with Crippen LogP contribution in [-0.2, 0) is 14.8 Å². The van der Waals surface area contributed by atoms with Gasteiger partial charge in [-0.25, -0.2) is 12.8 Å². The summed E-state index contributed by atoms with van der Waals surface area (Å²) in [5.74, 6) is -2.26. The number of hydrogen-bond donors (Lipinski definition) is 2. The summed E-state index contributed by atoms with van der Waals surface area (Å²) in [6.45, 7) is 1.85. The molecule has 6 nitrogen and oxygen atoms in total. The maximum atomic E-state index is 13.4. The number of carboxylic acid groups (broad SMARTS) is 1. The third kappa shape index (κ3) is 4.51. The highest BCUT2D eigenvalue weighted by molar-refractivity contribution is 7.89. The summed E-state index contributed by atoms with van der Waals surface area (Å²) in [5.41, 5.74) is -0.283. The molecule has 0 saturated heterocycles. The minimum atomic E-state index is -4.16. The van der Waals surface area contributed by atoms with Crippen LogP contribution in [0.2, 0.25) is 0 Å². The van der Waals surface area contributed by atoms with Gasteiger partial charge in [0.25, 0.3) is 0 Å². The first-order valence-electron chi connectivity index (χ1n) is 6.26. The maximum Gasteiger partial charge on any atom is 0.321 e. The molecule has 0 aliphatic rings. The van der Waals surface area contributed by atoms with E-state index < -0.39 is 32.7 Å². The third-order valence-electron chi connectivity index (χ3n) is 2.81. The summed E-state index contributed by atoms with van der Waals surface area (Å²) in [4.78, 5) is 10.6. The summed E-state index contributed by atoms with van der Waals surface area (Å²) in [6, 6.07) is 3.09. The number of unbranched alkanes of at least 4 members (excludes halogenated alkanes) is 1. The predicted octanol–water partition coefficient (Wildman–Crippen LogP) is 1.62. The van der Waals surface area contributed by atoms with Crippen LogP contribution < -0.4 is 4.72 Å². The van der Waals surface area contributed by atoms with Crippen molar-refractivity contribution in [3.05, 3.63) is 29.6 Å². The first kappa shape index (κ1) is 17.1. The van der Waals surface area contributed by atoms with Crippen molar-refractivity contribution in [2.75, 3.05) is 0 Å². The standard InChI is InChI=1S/C13H15FN2O4S/c1-2-3-4-12(13(17)18)16-21(19,20)10-6-5-9(8-15)11(14)7-10/h5-7,12,16H,2-4H2,1H3,(H,17,18)/t12-/m0/s1. The lowest BCUT2D eigenvalue weighted by Crippen LogP contribution is -2.40. The quantitative estimate of drug-likeness (QED) is 0.795. The van der Waals surface area contributed by atoms with Gasteiger partial charge in [0.2, 0.25) is 10.0 Å². The van der Waals surface area contributed by atoms with Crippen molar-refractivity contribution in [3.63, 3.8) is 0 Å². The first-order valence-corrected chi connectivity index (χ1v) is 7.75. The van der Waals surface area contributed by atoms with E-state index in [4.69, 9.17) is 10.4 Å². The zero-order chi connectivity index (χ0) is 16.0. The smallest absolute Gasteiger partial charge is 0.321 e. The second-order valence-electron chi connectivity index (χ2n) is 4.41. The van der Waals surface area contributed by atoms with Crippen LogP contribution in [0.4, 0.5) is 4.39 Å². The van der Waals surface area contributed by atoms with E-state index >= 15 is 0 Å². The first-order chi connectivity index (χ1) is 9.81. The summed E-state index contributed by atoms with van der Waals surface area (Å²) in [7, 11) is -4.16. The molecule has 2 N–H and O–H groups in total. The molecule has 0 radical (unpaired) electrons. The molecule has 0 amide bonds. The van der Waals surface area contributed by atoms with Crippen LogP contribution in [-0.4, -0.2) is 25.5 Å². The van der Waals surface area contributed by atoms with Gasteiger partial charge >= 0.3 is 5.97 Å². The van der Waals surface area contributed by atoms with Crippen molar-refractivity contribution in [2.45, 2.75) is 37.1 Å². The number of carbonyl (C=O) groups is 1. The van der Waals surface area contributed by atoms with Gasteiger partial charge in [0.05, 0.1) is 10.5 Å². The lowest BCUT2D eigenvalue weighted by molar-refractivity contribution is -0.139. The van der Waals surface area contributed by atoms with Gasteiger partial charge in [-0.3, -0.25) is 4.79 Å². The van der Waals surface area contributed by atoms with E-state index in [0.29, 0.717) is 12.5 Å². The van der Waals surface area contributed by atoms with Crippen LogP contribution in [0, 0.1) is 17.1 Å². The van der Waals surface area contributed by atoms with Gasteiger partial charge in [-0.15, -0.1) is 0 Å². The third-order valence-corrected chi connectivity index (χ3v) is 4.28. The number of carboxylic acids is 1. The molecule has 0 fully saturated rings. The summed E-state index contributed by atoms with van der Waals surface area (Å²) in [6.07, 6.45) is 1.40. The largest absolute Gasteiger partial charge is 0.480 e. The molecule has 1 aromatic rings. The highest BCUT2D eigenvalue weighted by atomic mass is 32.2. The maximum absolute atomic E-state index is 13.4. The molecule has 0 unspecified atom stereocenters. The summed E-state index contributed by atoms with van der Waals surface area (Å²) in [5, 5.41) is 17.6. The highest BCUT2D eigenvalue weighted by Gasteiger charge is 2.25. The lowest BCUT2D eigenvalue weighted by Gasteiger charge is -2.14. The van der Waals surface area contributed by atoms with E-state index in [1.807, 2.05) is 11.6 Å². The number of benzene rings is 1. The van der Waals surface area contributed by atoms with Crippen LogP contribution in [0.5, 0.6) is 0 Å². The molecule has 0 aliphatic heterocycles. The van der Waals surface area contributed by atoms with Crippen molar-refractivity contribution in [1.29, 1.82) is 5.26 Å². The van der Waals surface area contributed by atoms with E-state index in [0.717, 1.165) is 18.6 Å². The molecular weight excluding hydrogens is 299 g/mol. The van der Waals surface area contributed by atoms with Crippen LogP contribution >= 0.6 is 0 Å². The zero-order valence-electron chi connectivity index (χ0n) is 11.3. The molecule has 0 saturated carbocycles. The van der Waals surface area contributed by atoms with Gasteiger partial charge < -0.3 is 5.11 Å². The molecule has 1 atom stereocenters. The molecule has 0 spiro atoms. The summed E-state index contributed by atoms with van der Waals surface area (Å²) >= 11 is 0. The van der Waals surface area contributed by atoms with Crippen molar-refractivity contribution < 1.29 is 22.7 Å². The fourth-order valence-corrected chi connectivity index (χ4v) is 2.89. The lowest BCUT2D eigenvalue weighted by atomic mass is 10.1. The van der Waals surface area contributed by atoms with Crippen LogP contribution in [0.25, 0.3) is 0 Å². The molecule has 1 rings (SSSR count). The predicted molar refractivity (Wildman–Crippen MR) is 72.4 cm³/mol. The molecule has 0 aliphatic carbocycles. The Labute approximate surface area is 122 Å². The van der Waals surface area contributed by atoms with Crippen molar-refractivity contribution in [1.82, 2.24) is 4.72 Å². The SMILES string of the molecule is CCCC[C@H](NS(=O)(=O)c1ccc(C#N)c(F)c1)C(=O)O. The Morgan fingerprint density at radius 1 is 1.52 bits per heavy atom. The second-order valence-corrected chi connectivity index (χ2v) is 6.12. The van der Waals surface area contributed by atoms with Crippen LogP contribution in [0.15, 0.2) is 23.1 Å². The van der Waals surface area contributed by atoms with E-state index in [-0.39, 0.29) is 12.0 Å². The number of rotatable bonds is 7. The molecule has 8 heteroatoms. The van der Waals surface area contributed by atoms with Crippen molar-refractivity contribution in [2.24, 2.45) is 0 Å². The number of nitriles is 1. The molecule has 1 aromatic carbocycles. The molecule has 0 aromatic heterocycles. The average Bonchev–Trinajstić information content (AvgIpc) is 2.43. The fourth-order valence-electron chi connectivity index (χ4n) is 1.65. The highest BCUT2D eigenvalue weighted by Crippen LogP contribution is 2.15. The molecule has 0 heterocycles. The summed E-state index contributed by atoms with van der Waals surface area (Å²) < 4.78 is 39.6. The number of nitrogens with zero attached hydrogens (tertiary/aromatic N) is 1. The van der Waals surface area contributed by atoms with Gasteiger partial charge in [0.1, 0.15) is 17.9 Å². The minimum Gasteiger partial charge on any atom is -0.480 e. The Hall–Kier alpha value is -1.98. The van der Waals surface area contributed by atoms with Gasteiger partial charge in [-0.1, -0.05) is 19.8 Å². The Bertz CT molecular complexity index is 667. The monoisotopic (exact) mass is 314 g/mol. The second kappa shape index (κ2) is 7.15. The fraction of sp³-hybridized carbons (Fsp3) is 0.385. The Kier molecular flexibility index (Phi) is 5.81. The molecule has 114 valence electrons. The average molecular weight is 314 g/mol. The van der Waals surface area contributed by atoms with Crippen molar-refractivity contribution >= 4 is 16.0 Å². The number of nitrogens with one attached hydrogen (secondary N) is 1. The van der Waals surface area contributed by atoms with Crippen molar-refractivity contribution in [3.8, 4) is 6.07 Å². The molecule has 21 heavy (non-hydrogen) atoms. The number of hydrogen-bond acceptors (Lipinski definition) is 4. The van der Waals surface area contributed by atoms with Gasteiger partial charge in [0.15, 0.2) is 0 Å². The van der Waals surface area contributed by atoms with Gasteiger partial charge in [0, 0.05) is 0 Å². The minimum absolute atomic E-state index is 0.143. The molecular formula is C13H15FN2O4S. The van der Waals surface area contributed by atoms with E-state index in [2.05, 4.69) is 0 Å². The van der Waals surface area contributed by atoms with Gasteiger partial charge in [-0.05, 0) is 24.6 Å². The Morgan fingerprint density at radius 2 is 2.19 bits per heavy atom. The van der Waals surface area contributed by atoms with Gasteiger partial charge in [-0.2, -0.15) is 9.98 Å². The zero-order valence-corrected chi connectivity index (χ0v) is 12.2. The topological polar surface area (TPSA) is 107 Å². The van der Waals surface area contributed by atoms with E-state index in [1.54, 1.807) is 6.07 Å². The van der Waals surface area contributed by atoms with E-state index in [9.17, 15) is 17.6 Å². The number of halogens is 1. The number of sulfonamides is 1. The van der Waals surface area contributed by atoms with Crippen LogP contribution in [0.1, 0.15) is 31.7 Å². The Balaban J connectivity index is 3.02.